The standard InChI is InChI=1S/C9H16FNO3/c1-4-14-8(13)7(12)6(11)5-9(2,3)10/h6H,4-5,11H2,1-3H3/t6-/m0/s1. The van der Waals surface area contributed by atoms with Gasteiger partial charge in [0.05, 0.1) is 12.6 Å². The Bertz CT molecular complexity index is 223. The molecule has 0 bridgehead atoms. The second kappa shape index (κ2) is 5.05. The maximum atomic E-state index is 13.1. The molecule has 0 rings (SSSR count). The Morgan fingerprint density at radius 3 is 2.36 bits per heavy atom. The fourth-order valence-corrected chi connectivity index (χ4v) is 0.969. The average Bonchev–Trinajstić information content (AvgIpc) is 2.00. The second-order valence-electron chi connectivity index (χ2n) is 3.61. The lowest BCUT2D eigenvalue weighted by Crippen LogP contribution is -2.41. The van der Waals surface area contributed by atoms with Gasteiger partial charge in [-0.1, -0.05) is 0 Å². The molecule has 5 heteroatoms. The number of halogens is 1. The topological polar surface area (TPSA) is 69.4 Å². The number of ether oxygens (including phenoxy) is 1. The molecule has 0 aliphatic carbocycles. The van der Waals surface area contributed by atoms with Crippen molar-refractivity contribution in [3.63, 3.8) is 0 Å². The molecule has 0 saturated heterocycles. The molecule has 0 aliphatic heterocycles. The quantitative estimate of drug-likeness (QED) is 0.526. The third-order valence-corrected chi connectivity index (χ3v) is 1.52. The van der Waals surface area contributed by atoms with Gasteiger partial charge < -0.3 is 10.5 Å². The molecule has 0 radical (unpaired) electrons. The lowest BCUT2D eigenvalue weighted by Gasteiger charge is -2.17. The van der Waals surface area contributed by atoms with E-state index in [1.165, 1.54) is 13.8 Å². The van der Waals surface area contributed by atoms with E-state index in [0.29, 0.717) is 0 Å². The third-order valence-electron chi connectivity index (χ3n) is 1.52. The summed E-state index contributed by atoms with van der Waals surface area (Å²) in [5.41, 5.74) is 3.78. The predicted molar refractivity (Wildman–Crippen MR) is 49.4 cm³/mol. The van der Waals surface area contributed by atoms with Crippen LogP contribution in [-0.4, -0.2) is 30.1 Å². The predicted octanol–water partition coefficient (Wildman–Crippen LogP) is 0.584. The fourth-order valence-electron chi connectivity index (χ4n) is 0.969. The average molecular weight is 205 g/mol. The monoisotopic (exact) mass is 205 g/mol. The summed E-state index contributed by atoms with van der Waals surface area (Å²) in [5, 5.41) is 0. The molecule has 1 atom stereocenters. The second-order valence-corrected chi connectivity index (χ2v) is 3.61. The molecule has 14 heavy (non-hydrogen) atoms. The normalized spacial score (nSPS) is 13.5. The minimum Gasteiger partial charge on any atom is -0.460 e. The van der Waals surface area contributed by atoms with Gasteiger partial charge in [0.25, 0.3) is 5.78 Å². The molecule has 0 amide bonds. The lowest BCUT2D eigenvalue weighted by molar-refractivity contribution is -0.154. The molecule has 0 saturated carbocycles. The minimum atomic E-state index is -1.57. The van der Waals surface area contributed by atoms with Gasteiger partial charge in [0.2, 0.25) is 0 Å². The van der Waals surface area contributed by atoms with Crippen LogP contribution in [0.15, 0.2) is 0 Å². The summed E-state index contributed by atoms with van der Waals surface area (Å²) < 4.78 is 17.5. The van der Waals surface area contributed by atoms with E-state index in [4.69, 9.17) is 5.73 Å². The van der Waals surface area contributed by atoms with Crippen LogP contribution in [0.4, 0.5) is 4.39 Å². The van der Waals surface area contributed by atoms with Gasteiger partial charge in [-0.25, -0.2) is 9.18 Å². The van der Waals surface area contributed by atoms with Crippen molar-refractivity contribution >= 4 is 11.8 Å². The zero-order valence-corrected chi connectivity index (χ0v) is 8.67. The zero-order chi connectivity index (χ0) is 11.4. The van der Waals surface area contributed by atoms with E-state index in [-0.39, 0.29) is 13.0 Å². The molecule has 2 N–H and O–H groups in total. The Balaban J connectivity index is 4.19. The molecule has 82 valence electrons. The van der Waals surface area contributed by atoms with Crippen molar-refractivity contribution in [2.75, 3.05) is 6.61 Å². The molecular formula is C9H16FNO3. The molecule has 0 aromatic carbocycles. The highest BCUT2D eigenvalue weighted by Gasteiger charge is 2.29. The number of hydrogen-bond donors (Lipinski definition) is 1. The van der Waals surface area contributed by atoms with Crippen molar-refractivity contribution in [2.45, 2.75) is 38.9 Å². The van der Waals surface area contributed by atoms with E-state index in [0.717, 1.165) is 0 Å². The van der Waals surface area contributed by atoms with Gasteiger partial charge in [-0.3, -0.25) is 4.79 Å². The molecule has 0 aliphatic rings. The molecular weight excluding hydrogens is 189 g/mol. The van der Waals surface area contributed by atoms with Crippen LogP contribution >= 0.6 is 0 Å². The Kier molecular flexibility index (Phi) is 4.70. The molecule has 0 aromatic rings. The number of hydrogen-bond acceptors (Lipinski definition) is 4. The number of nitrogens with two attached hydrogens (primary N) is 1. The lowest BCUT2D eigenvalue weighted by atomic mass is 9.99. The number of carbonyl (C=O) groups excluding carboxylic acids is 2. The van der Waals surface area contributed by atoms with Crippen LogP contribution in [0.2, 0.25) is 0 Å². The van der Waals surface area contributed by atoms with Crippen molar-refractivity contribution in [1.29, 1.82) is 0 Å². The zero-order valence-electron chi connectivity index (χ0n) is 8.67. The largest absolute Gasteiger partial charge is 0.460 e. The maximum absolute atomic E-state index is 13.1. The van der Waals surface area contributed by atoms with Gasteiger partial charge in [0.1, 0.15) is 5.67 Å². The first-order valence-corrected chi connectivity index (χ1v) is 4.43. The molecule has 0 aromatic heterocycles. The maximum Gasteiger partial charge on any atom is 0.376 e. The summed E-state index contributed by atoms with van der Waals surface area (Å²) in [7, 11) is 0. The minimum absolute atomic E-state index is 0.107. The first kappa shape index (κ1) is 13.0. The van der Waals surface area contributed by atoms with Gasteiger partial charge in [0.15, 0.2) is 0 Å². The van der Waals surface area contributed by atoms with E-state index < -0.39 is 23.5 Å². The molecule has 0 fully saturated rings. The van der Waals surface area contributed by atoms with Crippen molar-refractivity contribution in [1.82, 2.24) is 0 Å². The van der Waals surface area contributed by atoms with Gasteiger partial charge in [-0.15, -0.1) is 0 Å². The Morgan fingerprint density at radius 2 is 2.00 bits per heavy atom. The number of alkyl halides is 1. The summed E-state index contributed by atoms with van der Waals surface area (Å²) in [5.74, 6) is -1.87. The summed E-state index contributed by atoms with van der Waals surface area (Å²) in [4.78, 5) is 22.0. The first-order valence-electron chi connectivity index (χ1n) is 4.43. The van der Waals surface area contributed by atoms with Crippen LogP contribution < -0.4 is 5.73 Å². The van der Waals surface area contributed by atoms with Crippen LogP contribution in [0, 0.1) is 0 Å². The molecule has 0 unspecified atom stereocenters. The highest BCUT2D eigenvalue weighted by molar-refractivity contribution is 6.35. The number of rotatable bonds is 5. The van der Waals surface area contributed by atoms with Crippen molar-refractivity contribution < 1.29 is 18.7 Å². The van der Waals surface area contributed by atoms with Crippen LogP contribution in [0.5, 0.6) is 0 Å². The van der Waals surface area contributed by atoms with E-state index in [9.17, 15) is 14.0 Å². The first-order chi connectivity index (χ1) is 6.28. The van der Waals surface area contributed by atoms with E-state index >= 15 is 0 Å². The van der Waals surface area contributed by atoms with Crippen LogP contribution in [0.3, 0.4) is 0 Å². The highest BCUT2D eigenvalue weighted by atomic mass is 19.1. The summed E-state index contributed by atoms with van der Waals surface area (Å²) in [6.07, 6.45) is -0.190. The van der Waals surface area contributed by atoms with Gasteiger partial charge in [0, 0.05) is 6.42 Å². The smallest absolute Gasteiger partial charge is 0.376 e. The SMILES string of the molecule is CCOC(=O)C(=O)[C@@H](N)CC(C)(C)F. The van der Waals surface area contributed by atoms with Gasteiger partial charge in [-0.05, 0) is 20.8 Å². The van der Waals surface area contributed by atoms with E-state index in [1.807, 2.05) is 0 Å². The Morgan fingerprint density at radius 1 is 1.50 bits per heavy atom. The van der Waals surface area contributed by atoms with Gasteiger partial charge >= 0.3 is 5.97 Å². The fraction of sp³-hybridized carbons (Fsp3) is 0.778. The van der Waals surface area contributed by atoms with Gasteiger partial charge in [-0.2, -0.15) is 0 Å². The molecule has 4 nitrogen and oxygen atoms in total. The number of Topliss-reactive ketones (excluding diaryl/α,β-unsaturated/α-hetero) is 1. The molecule has 0 spiro atoms. The van der Waals surface area contributed by atoms with E-state index in [1.54, 1.807) is 6.92 Å². The van der Waals surface area contributed by atoms with E-state index in [2.05, 4.69) is 4.74 Å². The number of carbonyl (C=O) groups is 2. The third kappa shape index (κ3) is 4.91. The van der Waals surface area contributed by atoms with Crippen LogP contribution in [0.1, 0.15) is 27.2 Å². The summed E-state index contributed by atoms with van der Waals surface area (Å²) >= 11 is 0. The molecule has 0 heterocycles. The van der Waals surface area contributed by atoms with Crippen molar-refractivity contribution in [2.24, 2.45) is 5.73 Å². The Hall–Kier alpha value is -0.970. The summed E-state index contributed by atoms with van der Waals surface area (Å²) in [6.45, 7) is 4.28. The summed E-state index contributed by atoms with van der Waals surface area (Å²) in [6, 6.07) is -1.13. The van der Waals surface area contributed by atoms with Crippen molar-refractivity contribution in [3.05, 3.63) is 0 Å². The van der Waals surface area contributed by atoms with Crippen LogP contribution in [-0.2, 0) is 14.3 Å². The number of ketones is 1. The van der Waals surface area contributed by atoms with Crippen molar-refractivity contribution in [3.8, 4) is 0 Å². The number of esters is 1. The van der Waals surface area contributed by atoms with Crippen LogP contribution in [0.25, 0.3) is 0 Å². The Labute approximate surface area is 82.6 Å². The highest BCUT2D eigenvalue weighted by Crippen LogP contribution is 2.15.